The van der Waals surface area contributed by atoms with Crippen LogP contribution in [0.25, 0.3) is 0 Å². The Bertz CT molecular complexity index is 431. The van der Waals surface area contributed by atoms with Gasteiger partial charge in [-0.2, -0.15) is 0 Å². The highest BCUT2D eigenvalue weighted by molar-refractivity contribution is 5.86. The molecule has 4 rings (SSSR count). The van der Waals surface area contributed by atoms with Crippen molar-refractivity contribution in [3.8, 4) is 0 Å². The molecule has 1 heterocycles. The molecule has 4 atom stereocenters. The van der Waals surface area contributed by atoms with Crippen LogP contribution >= 0.6 is 0 Å². The Morgan fingerprint density at radius 3 is 2.25 bits per heavy atom. The second kappa shape index (κ2) is 5.54. The third-order valence-corrected chi connectivity index (χ3v) is 4.62. The van der Waals surface area contributed by atoms with Crippen molar-refractivity contribution in [1.29, 1.82) is 0 Å². The van der Waals surface area contributed by atoms with E-state index in [-0.39, 0.29) is 17.7 Å². The number of ether oxygens (including phenoxy) is 1. The van der Waals surface area contributed by atoms with Gasteiger partial charge in [0, 0.05) is 13.1 Å². The average Bonchev–Trinajstić information content (AvgIpc) is 2.48. The van der Waals surface area contributed by atoms with Gasteiger partial charge in [0.1, 0.15) is 0 Å². The standard InChI is InChI=1S/C14H20N2O4/c17-13(15-16-5-7-20-8-6-16)11-9-1-3-10(4-2-9)12(11)14(18)19/h1,3,9-12H,2,4-8H2,(H,15,17)(H,18,19)/t9-,10+,11-,12+/m0/s1. The summed E-state index contributed by atoms with van der Waals surface area (Å²) in [6, 6.07) is 0. The van der Waals surface area contributed by atoms with E-state index in [1.165, 1.54) is 0 Å². The highest BCUT2D eigenvalue weighted by Crippen LogP contribution is 2.45. The Kier molecular flexibility index (Phi) is 3.76. The lowest BCUT2D eigenvalue weighted by molar-refractivity contribution is -0.155. The molecule has 2 fully saturated rings. The summed E-state index contributed by atoms with van der Waals surface area (Å²) >= 11 is 0. The summed E-state index contributed by atoms with van der Waals surface area (Å²) < 4.78 is 5.24. The molecule has 0 radical (unpaired) electrons. The molecule has 110 valence electrons. The molecule has 1 aliphatic heterocycles. The van der Waals surface area contributed by atoms with Gasteiger partial charge >= 0.3 is 5.97 Å². The van der Waals surface area contributed by atoms with E-state index < -0.39 is 17.8 Å². The summed E-state index contributed by atoms with van der Waals surface area (Å²) in [7, 11) is 0. The molecule has 6 heteroatoms. The van der Waals surface area contributed by atoms with Crippen molar-refractivity contribution < 1.29 is 19.4 Å². The number of carbonyl (C=O) groups excluding carboxylic acids is 1. The van der Waals surface area contributed by atoms with Crippen molar-refractivity contribution in [2.24, 2.45) is 23.7 Å². The molecule has 0 unspecified atom stereocenters. The van der Waals surface area contributed by atoms with Crippen molar-refractivity contribution in [1.82, 2.24) is 10.4 Å². The third-order valence-electron chi connectivity index (χ3n) is 4.62. The zero-order valence-electron chi connectivity index (χ0n) is 11.3. The number of nitrogens with one attached hydrogen (secondary N) is 1. The molecule has 3 aliphatic carbocycles. The molecule has 20 heavy (non-hydrogen) atoms. The number of amides is 1. The van der Waals surface area contributed by atoms with Crippen LogP contribution in [0.2, 0.25) is 0 Å². The highest BCUT2D eigenvalue weighted by Gasteiger charge is 2.48. The Morgan fingerprint density at radius 2 is 1.70 bits per heavy atom. The number of allylic oxidation sites excluding steroid dienone is 2. The molecule has 2 bridgehead atoms. The fourth-order valence-electron chi connectivity index (χ4n) is 3.59. The Balaban J connectivity index is 1.71. The van der Waals surface area contributed by atoms with E-state index in [1.807, 2.05) is 17.2 Å². The fraction of sp³-hybridized carbons (Fsp3) is 0.714. The number of fused-ring (bicyclic) bond motifs is 2. The summed E-state index contributed by atoms with van der Waals surface area (Å²) in [4.78, 5) is 24.0. The van der Waals surface area contributed by atoms with Crippen molar-refractivity contribution in [3.63, 3.8) is 0 Å². The molecule has 0 aromatic carbocycles. The van der Waals surface area contributed by atoms with Crippen LogP contribution in [0.4, 0.5) is 0 Å². The van der Waals surface area contributed by atoms with Crippen LogP contribution in [0.1, 0.15) is 12.8 Å². The molecule has 4 aliphatic rings. The first-order chi connectivity index (χ1) is 9.66. The van der Waals surface area contributed by atoms with Gasteiger partial charge in [-0.1, -0.05) is 12.2 Å². The first-order valence-electron chi connectivity index (χ1n) is 7.21. The Labute approximate surface area is 117 Å². The fourth-order valence-corrected chi connectivity index (χ4v) is 3.59. The van der Waals surface area contributed by atoms with E-state index in [1.54, 1.807) is 0 Å². The molecule has 6 nitrogen and oxygen atoms in total. The van der Waals surface area contributed by atoms with E-state index in [0.717, 1.165) is 12.8 Å². The van der Waals surface area contributed by atoms with Gasteiger partial charge in [0.15, 0.2) is 0 Å². The van der Waals surface area contributed by atoms with Crippen LogP contribution in [0.15, 0.2) is 12.2 Å². The number of aliphatic carboxylic acids is 1. The minimum absolute atomic E-state index is 0.00191. The van der Waals surface area contributed by atoms with Crippen molar-refractivity contribution in [2.45, 2.75) is 12.8 Å². The molecule has 2 N–H and O–H groups in total. The number of hydrogen-bond acceptors (Lipinski definition) is 4. The molecule has 1 saturated heterocycles. The Morgan fingerprint density at radius 1 is 1.10 bits per heavy atom. The lowest BCUT2D eigenvalue weighted by atomic mass is 9.62. The van der Waals surface area contributed by atoms with Gasteiger partial charge < -0.3 is 9.84 Å². The number of carboxylic acid groups (broad SMARTS) is 1. The molecule has 0 aromatic heterocycles. The largest absolute Gasteiger partial charge is 0.481 e. The number of nitrogens with zero attached hydrogens (tertiary/aromatic N) is 1. The summed E-state index contributed by atoms with van der Waals surface area (Å²) in [6.07, 6.45) is 5.79. The van der Waals surface area contributed by atoms with Crippen molar-refractivity contribution >= 4 is 11.9 Å². The molecule has 1 saturated carbocycles. The van der Waals surface area contributed by atoms with Gasteiger partial charge in [-0.15, -0.1) is 0 Å². The molecular weight excluding hydrogens is 260 g/mol. The number of morpholine rings is 1. The quantitative estimate of drug-likeness (QED) is 0.725. The smallest absolute Gasteiger partial charge is 0.307 e. The van der Waals surface area contributed by atoms with Gasteiger partial charge in [-0.05, 0) is 24.7 Å². The summed E-state index contributed by atoms with van der Waals surface area (Å²) in [5, 5.41) is 11.3. The van der Waals surface area contributed by atoms with E-state index in [2.05, 4.69) is 5.43 Å². The SMILES string of the molecule is O=C(NN1CCOCC1)[C@@H]1[C@H](C(=O)O)[C@@H]2C=C[C@H]1CC2. The highest BCUT2D eigenvalue weighted by atomic mass is 16.5. The molecule has 0 spiro atoms. The first kappa shape index (κ1) is 13.6. The maximum absolute atomic E-state index is 12.5. The van der Waals surface area contributed by atoms with E-state index >= 15 is 0 Å². The summed E-state index contributed by atoms with van der Waals surface area (Å²) in [5.41, 5.74) is 2.88. The maximum Gasteiger partial charge on any atom is 0.307 e. The molecular formula is C14H20N2O4. The van der Waals surface area contributed by atoms with Crippen LogP contribution in [0.3, 0.4) is 0 Å². The minimum Gasteiger partial charge on any atom is -0.481 e. The van der Waals surface area contributed by atoms with Gasteiger partial charge in [0.25, 0.3) is 0 Å². The number of carboxylic acids is 1. The van der Waals surface area contributed by atoms with Crippen LogP contribution < -0.4 is 5.43 Å². The third kappa shape index (κ3) is 2.45. The van der Waals surface area contributed by atoms with Crippen molar-refractivity contribution in [2.75, 3.05) is 26.3 Å². The monoisotopic (exact) mass is 280 g/mol. The second-order valence-corrected chi connectivity index (χ2v) is 5.76. The summed E-state index contributed by atoms with van der Waals surface area (Å²) in [5.74, 6) is -1.98. The maximum atomic E-state index is 12.5. The zero-order chi connectivity index (χ0) is 14.1. The van der Waals surface area contributed by atoms with Crippen molar-refractivity contribution in [3.05, 3.63) is 12.2 Å². The lowest BCUT2D eigenvalue weighted by Crippen LogP contribution is -2.55. The number of rotatable bonds is 3. The normalized spacial score (nSPS) is 36.8. The number of hydrazine groups is 1. The minimum atomic E-state index is -0.855. The van der Waals surface area contributed by atoms with E-state index in [0.29, 0.717) is 26.3 Å². The summed E-state index contributed by atoms with van der Waals surface area (Å²) in [6.45, 7) is 2.50. The van der Waals surface area contributed by atoms with Crippen LogP contribution in [-0.2, 0) is 14.3 Å². The average molecular weight is 280 g/mol. The Hall–Kier alpha value is -1.40. The predicted molar refractivity (Wildman–Crippen MR) is 70.5 cm³/mol. The number of hydrogen-bond donors (Lipinski definition) is 2. The second-order valence-electron chi connectivity index (χ2n) is 5.76. The van der Waals surface area contributed by atoms with Gasteiger partial charge in [-0.25, -0.2) is 5.01 Å². The predicted octanol–water partition coefficient (Wildman–Crippen LogP) is 0.263. The first-order valence-corrected chi connectivity index (χ1v) is 7.21. The van der Waals surface area contributed by atoms with Gasteiger partial charge in [0.05, 0.1) is 25.0 Å². The van der Waals surface area contributed by atoms with Crippen LogP contribution in [0.5, 0.6) is 0 Å². The molecule has 0 aromatic rings. The van der Waals surface area contributed by atoms with Gasteiger partial charge in [0.2, 0.25) is 5.91 Å². The van der Waals surface area contributed by atoms with Gasteiger partial charge in [-0.3, -0.25) is 15.0 Å². The molecule has 1 amide bonds. The van der Waals surface area contributed by atoms with E-state index in [9.17, 15) is 14.7 Å². The van der Waals surface area contributed by atoms with Crippen LogP contribution in [0, 0.1) is 23.7 Å². The number of carbonyl (C=O) groups is 2. The topological polar surface area (TPSA) is 78.9 Å². The van der Waals surface area contributed by atoms with Crippen LogP contribution in [-0.4, -0.2) is 48.3 Å². The zero-order valence-corrected chi connectivity index (χ0v) is 11.3. The van der Waals surface area contributed by atoms with E-state index in [4.69, 9.17) is 4.74 Å². The lowest BCUT2D eigenvalue weighted by Gasteiger charge is -2.42.